The van der Waals surface area contributed by atoms with Gasteiger partial charge in [0.1, 0.15) is 0 Å². The molecular weight excluding hydrogens is 887 g/mol. The SMILES string of the molecule is CCC[Si](C)=[Zr+2].[Cl-].[Cl-].c1ccc2c(-c3cccc4[cH-]c(CC5CCCCCC5)cc34)cccc2c1.c1ccc2c(-c3cccc4[cH-]c(CC5CCCCCC5)cc34)cccc2c1. The number of rotatable bonds is 8. The second-order valence-electron chi connectivity index (χ2n) is 18.1. The molecule has 0 aliphatic heterocycles. The zero-order valence-electron chi connectivity index (χ0n) is 37.1. The van der Waals surface area contributed by atoms with Crippen molar-refractivity contribution in [3.8, 4) is 22.3 Å². The molecule has 320 valence electrons. The van der Waals surface area contributed by atoms with Gasteiger partial charge >= 0.3 is 54.7 Å². The molecule has 0 unspecified atom stereocenters. The summed E-state index contributed by atoms with van der Waals surface area (Å²) in [5.74, 6) is 1.76. The Balaban J connectivity index is 0.000000178. The molecule has 2 aliphatic rings. The third kappa shape index (κ3) is 12.3. The fourth-order valence-corrected chi connectivity index (χ4v) is 13.0. The first kappa shape index (κ1) is 48.2. The Morgan fingerprint density at radius 3 is 1.19 bits per heavy atom. The topological polar surface area (TPSA) is 0 Å². The smallest absolute Gasteiger partial charge is 0.0114 e. The van der Waals surface area contributed by atoms with E-state index in [1.807, 2.05) is 0 Å². The minimum absolute atomic E-state index is 0. The van der Waals surface area contributed by atoms with Gasteiger partial charge in [-0.1, -0.05) is 185 Å². The van der Waals surface area contributed by atoms with Crippen LogP contribution in [0.15, 0.2) is 146 Å². The van der Waals surface area contributed by atoms with Crippen LogP contribution in [0.5, 0.6) is 0 Å². The average Bonchev–Trinajstić information content (AvgIpc) is 3.66. The molecule has 2 aliphatic carbocycles. The van der Waals surface area contributed by atoms with E-state index in [0.29, 0.717) is 0 Å². The van der Waals surface area contributed by atoms with Crippen LogP contribution >= 0.6 is 0 Å². The minimum Gasteiger partial charge on any atom is -1.00 e. The Morgan fingerprint density at radius 1 is 0.468 bits per heavy atom. The summed E-state index contributed by atoms with van der Waals surface area (Å²) in [7, 11) is 0. The second kappa shape index (κ2) is 24.1. The fraction of sp³-hybridized carbons (Fsp3) is 0.345. The Bertz CT molecular complexity index is 2450. The van der Waals surface area contributed by atoms with Gasteiger partial charge in [0.05, 0.1) is 0 Å². The number of halogens is 2. The normalized spacial score (nSPS) is 14.8. The van der Waals surface area contributed by atoms with Crippen molar-refractivity contribution in [2.45, 2.75) is 116 Å². The van der Waals surface area contributed by atoms with E-state index in [9.17, 15) is 0 Å². The maximum absolute atomic E-state index is 2.47. The molecule has 0 nitrogen and oxygen atoms in total. The predicted octanol–water partition coefficient (Wildman–Crippen LogP) is 11.4. The van der Waals surface area contributed by atoms with E-state index in [4.69, 9.17) is 0 Å². The summed E-state index contributed by atoms with van der Waals surface area (Å²) in [5.41, 5.74) is 8.72. The summed E-state index contributed by atoms with van der Waals surface area (Å²) in [6.45, 7) is 4.66. The van der Waals surface area contributed by atoms with Crippen molar-refractivity contribution >= 4 is 48.5 Å². The Labute approximate surface area is 400 Å². The molecular formula is C58H64Cl2SiZr-2. The number of hydrogen-bond acceptors (Lipinski definition) is 0. The van der Waals surface area contributed by atoms with E-state index < -0.39 is 0 Å². The van der Waals surface area contributed by atoms with E-state index >= 15 is 0 Å². The van der Waals surface area contributed by atoms with Gasteiger partial charge in [-0.2, -0.15) is 12.1 Å². The van der Waals surface area contributed by atoms with Gasteiger partial charge in [0.25, 0.3) is 0 Å². The minimum atomic E-state index is 0. The van der Waals surface area contributed by atoms with E-state index in [1.165, 1.54) is 179 Å². The molecule has 0 saturated heterocycles. The Hall–Kier alpha value is -3.26. The van der Waals surface area contributed by atoms with Crippen LogP contribution in [-0.4, -0.2) is 5.43 Å². The van der Waals surface area contributed by atoms with E-state index in [2.05, 4.69) is 159 Å². The second-order valence-corrected chi connectivity index (χ2v) is 26.4. The molecule has 0 N–H and O–H groups in total. The summed E-state index contributed by atoms with van der Waals surface area (Å²) < 4.78 is 0. The maximum atomic E-state index is 2.47. The molecule has 0 spiro atoms. The summed E-state index contributed by atoms with van der Waals surface area (Å²) in [4.78, 5) is 0. The summed E-state index contributed by atoms with van der Waals surface area (Å²) in [5, 5.41) is 10.9. The van der Waals surface area contributed by atoms with Crippen LogP contribution in [-0.2, 0) is 36.2 Å². The molecule has 0 aromatic heterocycles. The monoisotopic (exact) mass is 948 g/mol. The fourth-order valence-electron chi connectivity index (χ4n) is 10.4. The molecule has 0 heterocycles. The third-order valence-electron chi connectivity index (χ3n) is 13.4. The Morgan fingerprint density at radius 2 is 0.823 bits per heavy atom. The molecule has 0 atom stereocenters. The van der Waals surface area contributed by atoms with Crippen LogP contribution in [0.4, 0.5) is 0 Å². The van der Waals surface area contributed by atoms with Gasteiger partial charge in [0.2, 0.25) is 0 Å². The molecule has 0 radical (unpaired) electrons. The van der Waals surface area contributed by atoms with Crippen LogP contribution < -0.4 is 24.8 Å². The number of hydrogen-bond donors (Lipinski definition) is 0. The molecule has 2 saturated carbocycles. The van der Waals surface area contributed by atoms with Crippen molar-refractivity contribution in [1.29, 1.82) is 0 Å². The van der Waals surface area contributed by atoms with Crippen LogP contribution in [0.3, 0.4) is 0 Å². The predicted molar refractivity (Wildman–Crippen MR) is 261 cm³/mol. The van der Waals surface area contributed by atoms with E-state index in [0.717, 1.165) is 11.8 Å². The Kier molecular flexibility index (Phi) is 18.8. The summed E-state index contributed by atoms with van der Waals surface area (Å²) >= 11 is 1.79. The maximum Gasteiger partial charge on any atom is -0.0114 e. The first-order valence-corrected chi connectivity index (χ1v) is 29.3. The van der Waals surface area contributed by atoms with Gasteiger partial charge in [-0.05, 0) is 57.3 Å². The first-order valence-electron chi connectivity index (χ1n) is 23.4. The van der Waals surface area contributed by atoms with Crippen LogP contribution in [0, 0.1) is 11.8 Å². The van der Waals surface area contributed by atoms with Gasteiger partial charge in [0, 0.05) is 0 Å². The molecule has 2 fully saturated rings. The summed E-state index contributed by atoms with van der Waals surface area (Å²) in [6, 6.07) is 55.7. The molecule has 8 aromatic rings. The molecule has 4 heteroatoms. The standard InChI is InChI=1S/2C27H27.C4H10Si.2ClH.Zr/c2*1-2-4-10-20(9-3-1)17-21-18-23-13-8-16-26(27(23)19-21)25-15-7-12-22-11-5-6-14-24(22)25;1-3-4-5-2;;;/h2*5-8,11-16,18-20H,1-4,9-10,17H2;3-4H2,1-2H3;2*1H;/q2*-1;;;;+2/p-2. The molecule has 0 bridgehead atoms. The van der Waals surface area contributed by atoms with Crippen molar-refractivity contribution in [3.05, 3.63) is 157 Å². The van der Waals surface area contributed by atoms with Gasteiger partial charge in [-0.3, -0.25) is 0 Å². The first-order chi connectivity index (χ1) is 29.5. The van der Waals surface area contributed by atoms with E-state index in [-0.39, 0.29) is 30.2 Å². The van der Waals surface area contributed by atoms with Gasteiger partial charge < -0.3 is 24.8 Å². The van der Waals surface area contributed by atoms with Crippen molar-refractivity contribution < 1.29 is 48.1 Å². The third-order valence-corrected chi connectivity index (χ3v) is 16.5. The van der Waals surface area contributed by atoms with Crippen molar-refractivity contribution in [3.63, 3.8) is 0 Å². The van der Waals surface area contributed by atoms with Crippen LogP contribution in [0.1, 0.15) is 102 Å². The van der Waals surface area contributed by atoms with Crippen molar-refractivity contribution in [2.24, 2.45) is 11.8 Å². The molecule has 8 aromatic carbocycles. The number of benzene rings is 6. The van der Waals surface area contributed by atoms with Gasteiger partial charge in [-0.25, -0.2) is 0 Å². The van der Waals surface area contributed by atoms with Crippen LogP contribution in [0.2, 0.25) is 12.6 Å². The van der Waals surface area contributed by atoms with Crippen molar-refractivity contribution in [1.82, 2.24) is 0 Å². The molecule has 0 amide bonds. The zero-order valence-corrected chi connectivity index (χ0v) is 42.1. The van der Waals surface area contributed by atoms with Gasteiger partial charge in [-0.15, -0.1) is 69.1 Å². The van der Waals surface area contributed by atoms with Crippen LogP contribution in [0.25, 0.3) is 65.3 Å². The largest absolute Gasteiger partial charge is 1.00 e. The quantitative estimate of drug-likeness (QED) is 0.0809. The number of fused-ring (bicyclic) bond motifs is 4. The average molecular weight is 951 g/mol. The summed E-state index contributed by atoms with van der Waals surface area (Å²) in [6.07, 6.45) is 21.0. The van der Waals surface area contributed by atoms with Crippen molar-refractivity contribution in [2.75, 3.05) is 0 Å². The van der Waals surface area contributed by atoms with E-state index in [1.54, 1.807) is 23.3 Å². The molecule has 10 rings (SSSR count). The zero-order chi connectivity index (χ0) is 41.1. The van der Waals surface area contributed by atoms with Gasteiger partial charge in [0.15, 0.2) is 0 Å². The molecule has 62 heavy (non-hydrogen) atoms.